The molecule has 0 amide bonds. The molecule has 0 aliphatic carbocycles. The molecule has 1 heterocycles. The van der Waals surface area contributed by atoms with Gasteiger partial charge >= 0.3 is 0 Å². The van der Waals surface area contributed by atoms with Gasteiger partial charge in [-0.25, -0.2) is 0 Å². The lowest BCUT2D eigenvalue weighted by Crippen LogP contribution is -2.28. The van der Waals surface area contributed by atoms with Gasteiger partial charge in [-0.3, -0.25) is 0 Å². The van der Waals surface area contributed by atoms with E-state index in [1.165, 1.54) is 33.0 Å². The molecular formula is C32H35NO2. The van der Waals surface area contributed by atoms with Crippen LogP contribution in [0.4, 0.5) is 0 Å². The average molecular weight is 466 g/mol. The summed E-state index contributed by atoms with van der Waals surface area (Å²) in [6.45, 7) is 5.42. The number of benzene rings is 4. The van der Waals surface area contributed by atoms with E-state index in [0.29, 0.717) is 12.0 Å². The van der Waals surface area contributed by atoms with E-state index in [9.17, 15) is 5.11 Å². The molecule has 3 unspecified atom stereocenters. The normalized spacial score (nSPS) is 18.1. The third-order valence-electron chi connectivity index (χ3n) is 7.56. The lowest BCUT2D eigenvalue weighted by atomic mass is 9.80. The molecule has 0 saturated heterocycles. The van der Waals surface area contributed by atoms with Gasteiger partial charge in [0.2, 0.25) is 0 Å². The Morgan fingerprint density at radius 2 is 1.66 bits per heavy atom. The van der Waals surface area contributed by atoms with Crippen molar-refractivity contribution in [2.75, 3.05) is 6.54 Å². The molecule has 0 aromatic heterocycles. The number of hydrogen-bond donors (Lipinski definition) is 2. The highest BCUT2D eigenvalue weighted by Gasteiger charge is 2.30. The fourth-order valence-corrected chi connectivity index (χ4v) is 5.60. The lowest BCUT2D eigenvalue weighted by molar-refractivity contribution is 0.152. The minimum absolute atomic E-state index is 0.0779. The second-order valence-corrected chi connectivity index (χ2v) is 9.74. The molecule has 1 aliphatic heterocycles. The van der Waals surface area contributed by atoms with E-state index in [1.807, 2.05) is 6.07 Å². The second-order valence-electron chi connectivity index (χ2n) is 9.74. The van der Waals surface area contributed by atoms with Gasteiger partial charge in [0, 0.05) is 17.5 Å². The number of rotatable bonds is 8. The van der Waals surface area contributed by atoms with Gasteiger partial charge < -0.3 is 15.2 Å². The van der Waals surface area contributed by atoms with Crippen LogP contribution in [0.5, 0.6) is 5.75 Å². The zero-order valence-corrected chi connectivity index (χ0v) is 20.7. The summed E-state index contributed by atoms with van der Waals surface area (Å²) in [6, 6.07) is 30.2. The highest BCUT2D eigenvalue weighted by molar-refractivity contribution is 5.86. The first-order chi connectivity index (χ1) is 17.2. The number of para-hydroxylation sites is 1. The summed E-state index contributed by atoms with van der Waals surface area (Å²) in [6.07, 6.45) is 3.22. The summed E-state index contributed by atoms with van der Waals surface area (Å²) in [5.41, 5.74) is 6.12. The highest BCUT2D eigenvalue weighted by Crippen LogP contribution is 2.42. The topological polar surface area (TPSA) is 41.5 Å². The average Bonchev–Trinajstić information content (AvgIpc) is 2.90. The van der Waals surface area contributed by atoms with Crippen LogP contribution in [0.15, 0.2) is 84.9 Å². The van der Waals surface area contributed by atoms with Gasteiger partial charge in [0.15, 0.2) is 0 Å². The lowest BCUT2D eigenvalue weighted by Gasteiger charge is -2.33. The van der Waals surface area contributed by atoms with Gasteiger partial charge in [0.25, 0.3) is 0 Å². The van der Waals surface area contributed by atoms with Crippen LogP contribution < -0.4 is 10.1 Å². The molecule has 0 fully saturated rings. The number of fused-ring (bicyclic) bond motifs is 2. The Kier molecular flexibility index (Phi) is 7.17. The zero-order chi connectivity index (χ0) is 24.2. The van der Waals surface area contributed by atoms with E-state index in [2.05, 4.69) is 98.0 Å². The molecule has 4 aromatic rings. The highest BCUT2D eigenvalue weighted by atomic mass is 16.5. The molecule has 0 spiro atoms. The zero-order valence-electron chi connectivity index (χ0n) is 20.7. The van der Waals surface area contributed by atoms with Gasteiger partial charge in [-0.05, 0) is 78.7 Å². The SMILES string of the molecule is Cc1c(CO)cccc1C1CC(CCCNC(C)c2cccc3ccccc23)Oc2ccccc21. The standard InChI is InChI=1S/C32H35NO2/c1-22-25(21-34)12-8-16-27(22)31-20-26(35-32-18-6-5-15-30(31)32)13-9-19-33-23(2)28-17-7-11-24-10-3-4-14-29(24)28/h3-8,10-12,14-18,23,26,31,33-34H,9,13,19-21H2,1-2H3. The van der Waals surface area contributed by atoms with Crippen LogP contribution in [-0.4, -0.2) is 17.8 Å². The Morgan fingerprint density at radius 3 is 2.54 bits per heavy atom. The van der Waals surface area contributed by atoms with Gasteiger partial charge in [0.1, 0.15) is 5.75 Å². The van der Waals surface area contributed by atoms with E-state index < -0.39 is 0 Å². The molecule has 2 N–H and O–H groups in total. The molecule has 0 bridgehead atoms. The van der Waals surface area contributed by atoms with Crippen molar-refractivity contribution < 1.29 is 9.84 Å². The first-order valence-electron chi connectivity index (χ1n) is 12.8. The number of hydrogen-bond acceptors (Lipinski definition) is 3. The van der Waals surface area contributed by atoms with Crippen molar-refractivity contribution in [2.24, 2.45) is 0 Å². The van der Waals surface area contributed by atoms with Gasteiger partial charge in [-0.15, -0.1) is 0 Å². The van der Waals surface area contributed by atoms with E-state index in [0.717, 1.165) is 37.1 Å². The quantitative estimate of drug-likeness (QED) is 0.274. The maximum Gasteiger partial charge on any atom is 0.123 e. The van der Waals surface area contributed by atoms with Crippen molar-refractivity contribution in [3.8, 4) is 5.75 Å². The summed E-state index contributed by atoms with van der Waals surface area (Å²) < 4.78 is 6.45. The van der Waals surface area contributed by atoms with E-state index >= 15 is 0 Å². The van der Waals surface area contributed by atoms with Crippen LogP contribution in [0.25, 0.3) is 10.8 Å². The third kappa shape index (κ3) is 4.98. The van der Waals surface area contributed by atoms with Crippen molar-refractivity contribution >= 4 is 10.8 Å². The summed E-state index contributed by atoms with van der Waals surface area (Å²) in [4.78, 5) is 0. The number of nitrogens with one attached hydrogen (secondary N) is 1. The van der Waals surface area contributed by atoms with Crippen LogP contribution in [0, 0.1) is 6.92 Å². The van der Waals surface area contributed by atoms with Crippen molar-refractivity contribution in [3.63, 3.8) is 0 Å². The Morgan fingerprint density at radius 1 is 0.914 bits per heavy atom. The maximum atomic E-state index is 9.79. The molecule has 5 rings (SSSR count). The molecule has 180 valence electrons. The van der Waals surface area contributed by atoms with Gasteiger partial charge in [0.05, 0.1) is 12.7 Å². The minimum Gasteiger partial charge on any atom is -0.490 e. The molecule has 3 atom stereocenters. The smallest absolute Gasteiger partial charge is 0.123 e. The first-order valence-corrected chi connectivity index (χ1v) is 12.8. The molecule has 0 saturated carbocycles. The predicted molar refractivity (Wildman–Crippen MR) is 144 cm³/mol. The van der Waals surface area contributed by atoms with E-state index in [4.69, 9.17) is 4.74 Å². The Labute approximate surface area is 208 Å². The summed E-state index contributed by atoms with van der Waals surface area (Å²) in [7, 11) is 0. The molecule has 3 heteroatoms. The second kappa shape index (κ2) is 10.6. The van der Waals surface area contributed by atoms with Gasteiger partial charge in [-0.1, -0.05) is 78.9 Å². The van der Waals surface area contributed by atoms with Crippen molar-refractivity contribution in [1.82, 2.24) is 5.32 Å². The van der Waals surface area contributed by atoms with E-state index in [-0.39, 0.29) is 12.7 Å². The predicted octanol–water partition coefficient (Wildman–Crippen LogP) is 7.05. The van der Waals surface area contributed by atoms with Crippen LogP contribution in [0.1, 0.15) is 66.0 Å². The van der Waals surface area contributed by atoms with Crippen LogP contribution >= 0.6 is 0 Å². The molecule has 1 aliphatic rings. The number of aliphatic hydroxyl groups excluding tert-OH is 1. The summed E-state index contributed by atoms with van der Waals surface area (Å²) in [5.74, 6) is 1.29. The number of aliphatic hydroxyl groups is 1. The van der Waals surface area contributed by atoms with E-state index in [1.54, 1.807) is 0 Å². The van der Waals surface area contributed by atoms with Crippen LogP contribution in [0.3, 0.4) is 0 Å². The molecule has 4 aromatic carbocycles. The van der Waals surface area contributed by atoms with Crippen molar-refractivity contribution in [1.29, 1.82) is 0 Å². The summed E-state index contributed by atoms with van der Waals surface area (Å²) >= 11 is 0. The molecule has 3 nitrogen and oxygen atoms in total. The van der Waals surface area contributed by atoms with Crippen LogP contribution in [-0.2, 0) is 6.61 Å². The van der Waals surface area contributed by atoms with Crippen LogP contribution in [0.2, 0.25) is 0 Å². The van der Waals surface area contributed by atoms with Crippen molar-refractivity contribution in [2.45, 2.75) is 57.8 Å². The largest absolute Gasteiger partial charge is 0.490 e. The summed E-state index contributed by atoms with van der Waals surface area (Å²) in [5, 5.41) is 16.1. The number of ether oxygens (including phenoxy) is 1. The Bertz CT molecular complexity index is 1290. The Hall–Kier alpha value is -3.14. The van der Waals surface area contributed by atoms with Gasteiger partial charge in [-0.2, -0.15) is 0 Å². The third-order valence-corrected chi connectivity index (χ3v) is 7.56. The fraction of sp³-hybridized carbons (Fsp3) is 0.312. The maximum absolute atomic E-state index is 9.79. The minimum atomic E-state index is 0.0779. The molecule has 0 radical (unpaired) electrons. The first kappa shape index (κ1) is 23.6. The van der Waals surface area contributed by atoms with Crippen molar-refractivity contribution in [3.05, 3.63) is 113 Å². The fourth-order valence-electron chi connectivity index (χ4n) is 5.60. The monoisotopic (exact) mass is 465 g/mol. The molecule has 35 heavy (non-hydrogen) atoms. The Balaban J connectivity index is 1.25. The molecular weight excluding hydrogens is 430 g/mol.